The summed E-state index contributed by atoms with van der Waals surface area (Å²) in [7, 11) is -2.21. The first kappa shape index (κ1) is 30.3. The van der Waals surface area contributed by atoms with Crippen LogP contribution in [0.5, 0.6) is 0 Å². The molecular formula is C33H44F3NO4Si. The number of hydrogen-bond donors (Lipinski definition) is 1. The van der Waals surface area contributed by atoms with Crippen LogP contribution in [0.2, 0.25) is 18.1 Å². The third-order valence-corrected chi connectivity index (χ3v) is 15.1. The number of aliphatic hydroxyl groups is 1. The lowest BCUT2D eigenvalue weighted by atomic mass is 9.73. The lowest BCUT2D eigenvalue weighted by Gasteiger charge is -2.44. The van der Waals surface area contributed by atoms with Crippen molar-refractivity contribution in [1.82, 2.24) is 4.98 Å². The summed E-state index contributed by atoms with van der Waals surface area (Å²) in [6.07, 6.45) is 0.510. The van der Waals surface area contributed by atoms with Crippen molar-refractivity contribution >= 4 is 8.32 Å². The topological polar surface area (TPSA) is 60.8 Å². The minimum absolute atomic E-state index is 0.00360. The van der Waals surface area contributed by atoms with E-state index in [1.165, 1.54) is 12.1 Å². The van der Waals surface area contributed by atoms with Gasteiger partial charge in [-0.05, 0) is 67.3 Å². The van der Waals surface area contributed by atoms with Gasteiger partial charge in [-0.1, -0.05) is 46.8 Å². The van der Waals surface area contributed by atoms with E-state index in [2.05, 4.69) is 47.7 Å². The van der Waals surface area contributed by atoms with Gasteiger partial charge >= 0.3 is 6.18 Å². The zero-order chi connectivity index (χ0) is 30.5. The van der Waals surface area contributed by atoms with Gasteiger partial charge in [-0.15, -0.1) is 0 Å². The average molecular weight is 604 g/mol. The molecule has 4 aliphatic rings. The molecule has 2 aromatic rings. The molecule has 1 aromatic carbocycles. The second-order valence-electron chi connectivity index (χ2n) is 14.9. The average Bonchev–Trinajstić information content (AvgIpc) is 3.58. The highest BCUT2D eigenvalue weighted by atomic mass is 28.4. The number of hydrogen-bond acceptors (Lipinski definition) is 5. The molecule has 6 rings (SSSR count). The Labute approximate surface area is 248 Å². The molecule has 42 heavy (non-hydrogen) atoms. The van der Waals surface area contributed by atoms with Crippen LogP contribution in [0, 0.1) is 5.41 Å². The van der Waals surface area contributed by atoms with E-state index in [1.807, 2.05) is 0 Å². The number of alkyl halides is 3. The SMILES string of the molecule is CC(C)c1nc2c(c3c1C(O)(c1ccc(C(F)(F)F)cc1)OC31CCOCC1)C(O[Si](C)(C)C(C)(C)C)CC1(CC1)C2. The van der Waals surface area contributed by atoms with Gasteiger partial charge < -0.3 is 19.0 Å². The first-order valence-electron chi connectivity index (χ1n) is 15.3. The Morgan fingerprint density at radius 2 is 1.62 bits per heavy atom. The summed E-state index contributed by atoms with van der Waals surface area (Å²) in [6.45, 7) is 16.3. The number of benzene rings is 1. The van der Waals surface area contributed by atoms with E-state index in [1.54, 1.807) is 0 Å². The van der Waals surface area contributed by atoms with Crippen molar-refractivity contribution in [2.75, 3.05) is 13.2 Å². The van der Waals surface area contributed by atoms with Gasteiger partial charge in [0.2, 0.25) is 5.79 Å². The number of pyridine rings is 1. The largest absolute Gasteiger partial charge is 0.416 e. The third-order valence-electron chi connectivity index (χ3n) is 10.6. The highest BCUT2D eigenvalue weighted by Gasteiger charge is 2.60. The molecule has 5 nitrogen and oxygen atoms in total. The molecule has 3 heterocycles. The van der Waals surface area contributed by atoms with Crippen molar-refractivity contribution in [2.24, 2.45) is 5.41 Å². The maximum atomic E-state index is 13.5. The van der Waals surface area contributed by atoms with Crippen molar-refractivity contribution in [3.8, 4) is 0 Å². The summed E-state index contributed by atoms with van der Waals surface area (Å²) < 4.78 is 60.3. The maximum Gasteiger partial charge on any atom is 0.416 e. The highest BCUT2D eigenvalue weighted by molar-refractivity contribution is 6.74. The number of ether oxygens (including phenoxy) is 2. The number of aromatic nitrogens is 1. The predicted octanol–water partition coefficient (Wildman–Crippen LogP) is 8.24. The van der Waals surface area contributed by atoms with Crippen molar-refractivity contribution in [3.05, 3.63) is 63.5 Å². The Kier molecular flexibility index (Phi) is 6.92. The zero-order valence-electron chi connectivity index (χ0n) is 25.9. The summed E-state index contributed by atoms with van der Waals surface area (Å²) in [6, 6.07) is 4.73. The Morgan fingerprint density at radius 1 is 1.00 bits per heavy atom. The van der Waals surface area contributed by atoms with Crippen LogP contribution in [0.1, 0.15) is 118 Å². The summed E-state index contributed by atoms with van der Waals surface area (Å²) in [5.41, 5.74) is 3.22. The minimum atomic E-state index is -4.48. The zero-order valence-corrected chi connectivity index (χ0v) is 26.9. The first-order chi connectivity index (χ1) is 19.4. The van der Waals surface area contributed by atoms with Crippen molar-refractivity contribution < 1.29 is 32.2 Å². The van der Waals surface area contributed by atoms with E-state index >= 15 is 0 Å². The molecule has 2 atom stereocenters. The second kappa shape index (κ2) is 9.61. The predicted molar refractivity (Wildman–Crippen MR) is 157 cm³/mol. The summed E-state index contributed by atoms with van der Waals surface area (Å²) in [5, 5.41) is 12.6. The molecule has 0 bridgehead atoms. The molecular weight excluding hydrogens is 559 g/mol. The Hall–Kier alpha value is -1.78. The van der Waals surface area contributed by atoms with Gasteiger partial charge in [0.15, 0.2) is 8.32 Å². The monoisotopic (exact) mass is 603 g/mol. The molecule has 1 aromatic heterocycles. The highest BCUT2D eigenvalue weighted by Crippen LogP contribution is 2.64. The molecule has 9 heteroatoms. The van der Waals surface area contributed by atoms with Gasteiger partial charge in [-0.2, -0.15) is 13.2 Å². The van der Waals surface area contributed by atoms with Crippen molar-refractivity contribution in [3.63, 3.8) is 0 Å². The third kappa shape index (κ3) is 4.78. The van der Waals surface area contributed by atoms with Gasteiger partial charge in [-0.25, -0.2) is 0 Å². The smallest absolute Gasteiger partial charge is 0.410 e. The van der Waals surface area contributed by atoms with Crippen LogP contribution in [-0.4, -0.2) is 31.6 Å². The van der Waals surface area contributed by atoms with E-state index in [-0.39, 0.29) is 28.0 Å². The first-order valence-corrected chi connectivity index (χ1v) is 18.3. The normalized spacial score (nSPS) is 26.5. The van der Waals surface area contributed by atoms with Crippen LogP contribution in [0.4, 0.5) is 13.2 Å². The van der Waals surface area contributed by atoms with E-state index in [9.17, 15) is 18.3 Å². The Bertz CT molecular complexity index is 1370. The van der Waals surface area contributed by atoms with E-state index in [0.717, 1.165) is 60.3 Å². The van der Waals surface area contributed by atoms with E-state index in [0.29, 0.717) is 31.6 Å². The fourth-order valence-corrected chi connectivity index (χ4v) is 8.29. The molecule has 2 aliphatic heterocycles. The molecule has 0 amide bonds. The van der Waals surface area contributed by atoms with Gasteiger partial charge in [0.05, 0.1) is 17.4 Å². The lowest BCUT2D eigenvalue weighted by molar-refractivity contribution is -0.251. The number of rotatable bonds is 4. The standard InChI is InChI=1S/C33H44F3NO4Si/c1-20(2)28-27-26(25-23(37-28)18-30(12-13-30)19-24(25)40-42(6,7)29(3,4)5)31(14-16-39-17-15-31)41-32(27,38)21-8-10-22(11-9-21)33(34,35)36/h8-11,20,24,38H,12-19H2,1-7H3. The van der Waals surface area contributed by atoms with Crippen LogP contribution in [0.25, 0.3) is 0 Å². The van der Waals surface area contributed by atoms with Crippen LogP contribution in [0.15, 0.2) is 24.3 Å². The van der Waals surface area contributed by atoms with Gasteiger partial charge in [0.25, 0.3) is 0 Å². The molecule has 2 fully saturated rings. The summed E-state index contributed by atoms with van der Waals surface area (Å²) in [5.74, 6) is -1.99. The van der Waals surface area contributed by atoms with Crippen molar-refractivity contribution in [1.29, 1.82) is 0 Å². The molecule has 1 saturated carbocycles. The molecule has 2 unspecified atom stereocenters. The lowest BCUT2D eigenvalue weighted by Crippen LogP contribution is -2.44. The molecule has 230 valence electrons. The molecule has 1 saturated heterocycles. The quantitative estimate of drug-likeness (QED) is 0.357. The van der Waals surface area contributed by atoms with Crippen LogP contribution in [0.3, 0.4) is 0 Å². The van der Waals surface area contributed by atoms with Crippen LogP contribution < -0.4 is 0 Å². The van der Waals surface area contributed by atoms with E-state index < -0.39 is 31.4 Å². The van der Waals surface area contributed by atoms with Crippen molar-refractivity contribution in [2.45, 2.75) is 121 Å². The summed E-state index contributed by atoms with van der Waals surface area (Å²) >= 11 is 0. The fraction of sp³-hybridized carbons (Fsp3) is 0.667. The van der Waals surface area contributed by atoms with Gasteiger partial charge in [0, 0.05) is 54.0 Å². The molecule has 2 spiro atoms. The van der Waals surface area contributed by atoms with Crippen LogP contribution in [-0.2, 0) is 37.9 Å². The number of nitrogens with zero attached hydrogens (tertiary/aromatic N) is 1. The number of fused-ring (bicyclic) bond motifs is 4. The Morgan fingerprint density at radius 3 is 2.14 bits per heavy atom. The number of halogens is 3. The maximum absolute atomic E-state index is 13.5. The molecule has 1 N–H and O–H groups in total. The fourth-order valence-electron chi connectivity index (χ4n) is 7.02. The van der Waals surface area contributed by atoms with Gasteiger partial charge in [-0.3, -0.25) is 4.98 Å². The molecule has 2 aliphatic carbocycles. The van der Waals surface area contributed by atoms with E-state index in [4.69, 9.17) is 18.9 Å². The second-order valence-corrected chi connectivity index (χ2v) is 19.7. The summed E-state index contributed by atoms with van der Waals surface area (Å²) in [4.78, 5) is 5.30. The minimum Gasteiger partial charge on any atom is -0.410 e. The van der Waals surface area contributed by atoms with Crippen LogP contribution >= 0.6 is 0 Å². The molecule has 0 radical (unpaired) electrons. The van der Waals surface area contributed by atoms with Gasteiger partial charge in [0.1, 0.15) is 5.60 Å². The Balaban J connectivity index is 1.61.